The molecule has 0 radical (unpaired) electrons. The molecule has 0 aliphatic heterocycles. The highest BCUT2D eigenvalue weighted by atomic mass is 32.1. The summed E-state index contributed by atoms with van der Waals surface area (Å²) in [7, 11) is 0. The van der Waals surface area contributed by atoms with Crippen LogP contribution in [-0.2, 0) is 16.4 Å². The third kappa shape index (κ3) is 4.91. The second kappa shape index (κ2) is 8.65. The molecule has 3 aromatic rings. The van der Waals surface area contributed by atoms with E-state index < -0.39 is 17.3 Å². The van der Waals surface area contributed by atoms with Crippen LogP contribution in [0.4, 0.5) is 24.8 Å². The predicted octanol–water partition coefficient (Wildman–Crippen LogP) is 5.99. The summed E-state index contributed by atoms with van der Waals surface area (Å²) in [6, 6.07) is 6.51. The maximum Gasteiger partial charge on any atom is 0.433 e. The topological polar surface area (TPSA) is 93.8 Å². The Morgan fingerprint density at radius 1 is 1.12 bits per heavy atom. The van der Waals surface area contributed by atoms with Gasteiger partial charge in [-0.3, -0.25) is 4.79 Å². The molecule has 0 spiro atoms. The van der Waals surface area contributed by atoms with Gasteiger partial charge in [-0.25, -0.2) is 15.0 Å². The molecular formula is C24H26F3N5OS. The number of alkyl halides is 3. The highest BCUT2D eigenvalue weighted by Gasteiger charge is 2.43. The van der Waals surface area contributed by atoms with Crippen molar-refractivity contribution in [3.05, 3.63) is 52.9 Å². The summed E-state index contributed by atoms with van der Waals surface area (Å²) >= 11 is 1.59. The average Bonchev–Trinajstić information content (AvgIpc) is 3.26. The van der Waals surface area contributed by atoms with Gasteiger partial charge in [0.05, 0.1) is 9.88 Å². The van der Waals surface area contributed by atoms with E-state index >= 15 is 0 Å². The van der Waals surface area contributed by atoms with Gasteiger partial charge in [0.15, 0.2) is 0 Å². The number of primary amides is 1. The summed E-state index contributed by atoms with van der Waals surface area (Å²) in [6.45, 7) is 6.01. The Balaban J connectivity index is 1.56. The molecule has 34 heavy (non-hydrogen) atoms. The van der Waals surface area contributed by atoms with Crippen molar-refractivity contribution >= 4 is 28.9 Å². The first-order valence-corrected chi connectivity index (χ1v) is 11.8. The van der Waals surface area contributed by atoms with Gasteiger partial charge >= 0.3 is 6.18 Å². The van der Waals surface area contributed by atoms with Crippen molar-refractivity contribution < 1.29 is 18.0 Å². The molecule has 0 bridgehead atoms. The SMILES string of the molecule is Cc1cc(Nc2nccc(C(F)(F)F)n2)cc(-c2cnc(C3(C)CCC(C)(C(N)=O)CC3)s2)c1. The lowest BCUT2D eigenvalue weighted by Gasteiger charge is -2.40. The Bertz CT molecular complexity index is 1220. The lowest BCUT2D eigenvalue weighted by atomic mass is 9.65. The Morgan fingerprint density at radius 2 is 1.82 bits per heavy atom. The van der Waals surface area contributed by atoms with Crippen molar-refractivity contribution in [2.45, 2.75) is 58.0 Å². The number of thiazole rings is 1. The minimum Gasteiger partial charge on any atom is -0.369 e. The Labute approximate surface area is 199 Å². The van der Waals surface area contributed by atoms with Crippen LogP contribution in [0.3, 0.4) is 0 Å². The van der Waals surface area contributed by atoms with E-state index in [0.29, 0.717) is 5.69 Å². The number of aromatic nitrogens is 3. The lowest BCUT2D eigenvalue weighted by molar-refractivity contribution is -0.141. The number of nitrogens with two attached hydrogens (primary N) is 1. The van der Waals surface area contributed by atoms with Crippen molar-refractivity contribution in [1.82, 2.24) is 15.0 Å². The number of hydrogen-bond donors (Lipinski definition) is 2. The highest BCUT2D eigenvalue weighted by Crippen LogP contribution is 2.48. The van der Waals surface area contributed by atoms with Gasteiger partial charge < -0.3 is 11.1 Å². The van der Waals surface area contributed by atoms with Crippen LogP contribution in [0.2, 0.25) is 0 Å². The molecule has 10 heteroatoms. The first-order valence-electron chi connectivity index (χ1n) is 10.9. The number of halogens is 3. The smallest absolute Gasteiger partial charge is 0.369 e. The molecule has 180 valence electrons. The molecule has 0 atom stereocenters. The fourth-order valence-corrected chi connectivity index (χ4v) is 5.31. The third-order valence-corrected chi connectivity index (χ3v) is 7.99. The van der Waals surface area contributed by atoms with Crippen LogP contribution in [0.5, 0.6) is 0 Å². The Kier molecular flexibility index (Phi) is 6.14. The van der Waals surface area contributed by atoms with Crippen LogP contribution in [0.15, 0.2) is 36.7 Å². The van der Waals surface area contributed by atoms with E-state index in [2.05, 4.69) is 22.2 Å². The molecule has 3 N–H and O–H groups in total. The number of aryl methyl sites for hydroxylation is 1. The number of hydrogen-bond acceptors (Lipinski definition) is 6. The van der Waals surface area contributed by atoms with Gasteiger partial charge in [-0.05, 0) is 61.9 Å². The van der Waals surface area contributed by atoms with Crippen LogP contribution in [-0.4, -0.2) is 20.9 Å². The molecule has 1 aliphatic carbocycles. The summed E-state index contributed by atoms with van der Waals surface area (Å²) in [5.74, 6) is -0.373. The molecule has 0 unspecified atom stereocenters. The Hall–Kier alpha value is -3.01. The van der Waals surface area contributed by atoms with Crippen molar-refractivity contribution in [1.29, 1.82) is 0 Å². The largest absolute Gasteiger partial charge is 0.433 e. The molecule has 0 saturated heterocycles. The maximum atomic E-state index is 13.0. The minimum atomic E-state index is -4.54. The average molecular weight is 490 g/mol. The van der Waals surface area contributed by atoms with Crippen LogP contribution >= 0.6 is 11.3 Å². The zero-order valence-corrected chi connectivity index (χ0v) is 20.0. The molecule has 1 saturated carbocycles. The normalized spacial score (nSPS) is 23.0. The zero-order chi connectivity index (χ0) is 24.7. The number of rotatable bonds is 5. The van der Waals surface area contributed by atoms with Crippen LogP contribution in [0, 0.1) is 12.3 Å². The Morgan fingerprint density at radius 3 is 2.47 bits per heavy atom. The second-order valence-corrected chi connectivity index (χ2v) is 10.5. The standard InChI is InChI=1S/C24H26F3N5OS/c1-14-10-15(12-16(11-14)31-21-29-9-4-18(32-21)24(25,26)27)17-13-30-20(34-17)23(3)7-5-22(2,6-8-23)19(28)33/h4,9-13H,5-8H2,1-3H3,(H2,28,33)(H,29,31,32). The number of amides is 1. The molecule has 2 heterocycles. The molecule has 1 fully saturated rings. The van der Waals surface area contributed by atoms with E-state index in [4.69, 9.17) is 10.7 Å². The number of nitrogens with zero attached hydrogens (tertiary/aromatic N) is 3. The van der Waals surface area contributed by atoms with E-state index in [1.165, 1.54) is 0 Å². The first-order chi connectivity index (χ1) is 15.9. The summed E-state index contributed by atoms with van der Waals surface area (Å²) < 4.78 is 38.9. The van der Waals surface area contributed by atoms with E-state index in [0.717, 1.165) is 59.0 Å². The maximum absolute atomic E-state index is 13.0. The summed E-state index contributed by atoms with van der Waals surface area (Å²) in [6.07, 6.45) is 1.47. The van der Waals surface area contributed by atoms with Crippen molar-refractivity contribution in [2.75, 3.05) is 5.32 Å². The molecular weight excluding hydrogens is 463 g/mol. The first kappa shape index (κ1) is 24.1. The number of carbonyl (C=O) groups excluding carboxylic acids is 1. The fourth-order valence-electron chi connectivity index (χ4n) is 4.20. The van der Waals surface area contributed by atoms with Crippen molar-refractivity contribution in [3.8, 4) is 10.4 Å². The summed E-state index contributed by atoms with van der Waals surface area (Å²) in [5.41, 5.74) is 6.42. The van der Waals surface area contributed by atoms with Crippen molar-refractivity contribution in [3.63, 3.8) is 0 Å². The third-order valence-electron chi connectivity index (χ3n) is 6.64. The minimum absolute atomic E-state index is 0.122. The van der Waals surface area contributed by atoms with E-state index in [-0.39, 0.29) is 17.3 Å². The van der Waals surface area contributed by atoms with Crippen LogP contribution in [0.25, 0.3) is 10.4 Å². The molecule has 2 aromatic heterocycles. The van der Waals surface area contributed by atoms with Gasteiger partial charge in [0, 0.05) is 28.9 Å². The van der Waals surface area contributed by atoms with Crippen LogP contribution in [0.1, 0.15) is 55.8 Å². The molecule has 1 aliphatic rings. The molecule has 6 nitrogen and oxygen atoms in total. The number of nitrogens with one attached hydrogen (secondary N) is 1. The molecule has 4 rings (SSSR count). The van der Waals surface area contributed by atoms with Gasteiger partial charge in [0.1, 0.15) is 5.69 Å². The zero-order valence-electron chi connectivity index (χ0n) is 19.2. The number of carbonyl (C=O) groups is 1. The van der Waals surface area contributed by atoms with Gasteiger partial charge in [-0.2, -0.15) is 13.2 Å². The van der Waals surface area contributed by atoms with Gasteiger partial charge in [0.25, 0.3) is 0 Å². The van der Waals surface area contributed by atoms with E-state index in [9.17, 15) is 18.0 Å². The second-order valence-electron chi connectivity index (χ2n) is 9.49. The summed E-state index contributed by atoms with van der Waals surface area (Å²) in [5, 5.41) is 3.89. The van der Waals surface area contributed by atoms with Gasteiger partial charge in [-0.1, -0.05) is 19.9 Å². The molecule has 1 amide bonds. The molecule has 1 aromatic carbocycles. The van der Waals surface area contributed by atoms with Crippen LogP contribution < -0.4 is 11.1 Å². The number of anilines is 2. The lowest BCUT2D eigenvalue weighted by Crippen LogP contribution is -2.41. The van der Waals surface area contributed by atoms with Crippen molar-refractivity contribution in [2.24, 2.45) is 11.1 Å². The predicted molar refractivity (Wildman–Crippen MR) is 126 cm³/mol. The highest BCUT2D eigenvalue weighted by molar-refractivity contribution is 7.15. The monoisotopic (exact) mass is 489 g/mol. The number of benzene rings is 1. The summed E-state index contributed by atoms with van der Waals surface area (Å²) in [4.78, 5) is 25.0. The van der Waals surface area contributed by atoms with E-state index in [1.807, 2.05) is 38.2 Å². The van der Waals surface area contributed by atoms with Gasteiger partial charge in [0.2, 0.25) is 11.9 Å². The van der Waals surface area contributed by atoms with Gasteiger partial charge in [-0.15, -0.1) is 11.3 Å². The quantitative estimate of drug-likeness (QED) is 0.459. The fraction of sp³-hybridized carbons (Fsp3) is 0.417. The van der Waals surface area contributed by atoms with E-state index in [1.54, 1.807) is 11.3 Å².